The van der Waals surface area contributed by atoms with Crippen LogP contribution in [0.15, 0.2) is 24.5 Å². The molecule has 0 amide bonds. The maximum Gasteiger partial charge on any atom is 0.170 e. The third-order valence-corrected chi connectivity index (χ3v) is 1.64. The predicted octanol–water partition coefficient (Wildman–Crippen LogP) is 1.43. The van der Waals surface area contributed by atoms with E-state index in [2.05, 4.69) is 48.3 Å². The highest BCUT2D eigenvalue weighted by atomic mass is 14.9. The first-order chi connectivity index (χ1) is 5.36. The average Bonchev–Trinajstić information content (AvgIpc) is 2.07. The van der Waals surface area contributed by atoms with Gasteiger partial charge in [-0.2, -0.15) is 0 Å². The number of rotatable bonds is 3. The monoisotopic (exact) mass is 151 g/mol. The zero-order valence-corrected chi connectivity index (χ0v) is 7.17. The number of nitrogens with one attached hydrogen (secondary N) is 1. The number of aryl methyl sites for hydroxylation is 1. The molecule has 0 fully saturated rings. The van der Waals surface area contributed by atoms with Crippen LogP contribution in [0.5, 0.6) is 0 Å². The molecule has 0 aliphatic carbocycles. The van der Waals surface area contributed by atoms with Crippen LogP contribution in [0.1, 0.15) is 13.8 Å². The van der Waals surface area contributed by atoms with Crippen LogP contribution in [0.3, 0.4) is 0 Å². The largest absolute Gasteiger partial charge is 0.385 e. The molecule has 1 aromatic heterocycles. The standard InChI is InChI=1S/C9H14N2/c1-3-10-9-5-7-11(4-2)8-6-9/h5-8H,3-4H2,1-2H3/p+1. The van der Waals surface area contributed by atoms with E-state index >= 15 is 0 Å². The summed E-state index contributed by atoms with van der Waals surface area (Å²) >= 11 is 0. The van der Waals surface area contributed by atoms with E-state index in [0.717, 1.165) is 13.1 Å². The van der Waals surface area contributed by atoms with E-state index in [4.69, 9.17) is 0 Å². The van der Waals surface area contributed by atoms with E-state index in [0.29, 0.717) is 0 Å². The van der Waals surface area contributed by atoms with Crippen molar-refractivity contribution < 1.29 is 4.57 Å². The summed E-state index contributed by atoms with van der Waals surface area (Å²) in [5.74, 6) is 0. The number of hydrogen-bond acceptors (Lipinski definition) is 1. The maximum absolute atomic E-state index is 3.25. The number of pyridine rings is 1. The molecule has 0 radical (unpaired) electrons. The Morgan fingerprint density at radius 3 is 2.36 bits per heavy atom. The Morgan fingerprint density at radius 1 is 1.27 bits per heavy atom. The van der Waals surface area contributed by atoms with Gasteiger partial charge in [0.25, 0.3) is 0 Å². The smallest absolute Gasteiger partial charge is 0.170 e. The second-order valence-corrected chi connectivity index (χ2v) is 2.45. The lowest BCUT2D eigenvalue weighted by Gasteiger charge is -1.99. The Kier molecular flexibility index (Phi) is 2.90. The Hall–Kier alpha value is -1.05. The molecule has 1 aromatic rings. The normalized spacial score (nSPS) is 9.64. The van der Waals surface area contributed by atoms with Crippen LogP contribution in [0, 0.1) is 0 Å². The second-order valence-electron chi connectivity index (χ2n) is 2.45. The van der Waals surface area contributed by atoms with Crippen LogP contribution in [-0.2, 0) is 6.54 Å². The van der Waals surface area contributed by atoms with Gasteiger partial charge in [0.05, 0.1) is 0 Å². The molecule has 0 aliphatic heterocycles. The van der Waals surface area contributed by atoms with Crippen molar-refractivity contribution in [3.05, 3.63) is 24.5 Å². The Morgan fingerprint density at radius 2 is 1.91 bits per heavy atom. The molecule has 0 aliphatic rings. The highest BCUT2D eigenvalue weighted by molar-refractivity contribution is 5.39. The highest BCUT2D eigenvalue weighted by Crippen LogP contribution is 2.00. The van der Waals surface area contributed by atoms with Gasteiger partial charge in [-0.3, -0.25) is 0 Å². The van der Waals surface area contributed by atoms with E-state index in [1.54, 1.807) is 0 Å². The Labute approximate surface area is 67.9 Å². The lowest BCUT2D eigenvalue weighted by atomic mass is 10.4. The zero-order chi connectivity index (χ0) is 8.10. The fraction of sp³-hybridized carbons (Fsp3) is 0.444. The fourth-order valence-electron chi connectivity index (χ4n) is 0.990. The van der Waals surface area contributed by atoms with Crippen molar-refractivity contribution >= 4 is 5.69 Å². The van der Waals surface area contributed by atoms with Gasteiger partial charge >= 0.3 is 0 Å². The molecule has 0 aromatic carbocycles. The van der Waals surface area contributed by atoms with Gasteiger partial charge in [0.1, 0.15) is 6.54 Å². The third kappa shape index (κ3) is 2.22. The quantitative estimate of drug-likeness (QED) is 0.646. The van der Waals surface area contributed by atoms with Gasteiger partial charge in [-0.05, 0) is 13.8 Å². The minimum atomic E-state index is 0.982. The van der Waals surface area contributed by atoms with Crippen molar-refractivity contribution in [2.24, 2.45) is 0 Å². The van der Waals surface area contributed by atoms with Gasteiger partial charge in [0, 0.05) is 24.4 Å². The number of aromatic nitrogens is 1. The van der Waals surface area contributed by atoms with E-state index in [1.165, 1.54) is 5.69 Å². The van der Waals surface area contributed by atoms with E-state index in [1.807, 2.05) is 0 Å². The molecular formula is C9H15N2+. The predicted molar refractivity (Wildman–Crippen MR) is 46.5 cm³/mol. The SMILES string of the molecule is CCNc1cc[n+](CC)cc1. The molecule has 0 atom stereocenters. The first kappa shape index (κ1) is 8.05. The zero-order valence-electron chi connectivity index (χ0n) is 7.17. The molecule has 0 unspecified atom stereocenters. The molecule has 1 rings (SSSR count). The summed E-state index contributed by atoms with van der Waals surface area (Å²) in [4.78, 5) is 0. The molecule has 0 saturated carbocycles. The summed E-state index contributed by atoms with van der Waals surface area (Å²) in [6, 6.07) is 4.18. The van der Waals surface area contributed by atoms with Gasteiger partial charge in [-0.1, -0.05) is 0 Å². The molecule has 2 heteroatoms. The van der Waals surface area contributed by atoms with E-state index in [-0.39, 0.29) is 0 Å². The second kappa shape index (κ2) is 3.96. The van der Waals surface area contributed by atoms with Gasteiger partial charge in [0.2, 0.25) is 0 Å². The first-order valence-electron chi connectivity index (χ1n) is 4.09. The van der Waals surface area contributed by atoms with Crippen molar-refractivity contribution in [3.8, 4) is 0 Å². The minimum Gasteiger partial charge on any atom is -0.385 e. The van der Waals surface area contributed by atoms with Crippen LogP contribution in [-0.4, -0.2) is 6.54 Å². The van der Waals surface area contributed by atoms with Gasteiger partial charge in [0.15, 0.2) is 12.4 Å². The average molecular weight is 151 g/mol. The van der Waals surface area contributed by atoms with Crippen LogP contribution in [0.4, 0.5) is 5.69 Å². The summed E-state index contributed by atoms with van der Waals surface area (Å²) in [6.45, 7) is 6.25. The van der Waals surface area contributed by atoms with Crippen molar-refractivity contribution in [3.63, 3.8) is 0 Å². The number of nitrogens with zero attached hydrogens (tertiary/aromatic N) is 1. The lowest BCUT2D eigenvalue weighted by molar-refractivity contribution is -0.693. The van der Waals surface area contributed by atoms with Gasteiger partial charge in [-0.25, -0.2) is 4.57 Å². The van der Waals surface area contributed by atoms with Gasteiger partial charge < -0.3 is 5.32 Å². The molecule has 1 heterocycles. The Balaban J connectivity index is 2.66. The van der Waals surface area contributed by atoms with Crippen LogP contribution < -0.4 is 9.88 Å². The molecule has 0 spiro atoms. The van der Waals surface area contributed by atoms with Crippen LogP contribution in [0.2, 0.25) is 0 Å². The molecule has 60 valence electrons. The van der Waals surface area contributed by atoms with E-state index in [9.17, 15) is 0 Å². The summed E-state index contributed by atoms with van der Waals surface area (Å²) in [7, 11) is 0. The first-order valence-corrected chi connectivity index (χ1v) is 4.09. The number of anilines is 1. The number of hydrogen-bond donors (Lipinski definition) is 1. The molecule has 0 bridgehead atoms. The van der Waals surface area contributed by atoms with Crippen molar-refractivity contribution in [2.75, 3.05) is 11.9 Å². The summed E-state index contributed by atoms with van der Waals surface area (Å²) < 4.78 is 2.14. The third-order valence-electron chi connectivity index (χ3n) is 1.64. The van der Waals surface area contributed by atoms with Crippen molar-refractivity contribution in [1.29, 1.82) is 0 Å². The maximum atomic E-state index is 3.25. The van der Waals surface area contributed by atoms with Gasteiger partial charge in [-0.15, -0.1) is 0 Å². The minimum absolute atomic E-state index is 0.982. The summed E-state index contributed by atoms with van der Waals surface area (Å²) in [6.07, 6.45) is 4.16. The summed E-state index contributed by atoms with van der Waals surface area (Å²) in [5.41, 5.74) is 1.19. The Bertz CT molecular complexity index is 203. The van der Waals surface area contributed by atoms with E-state index < -0.39 is 0 Å². The van der Waals surface area contributed by atoms with Crippen molar-refractivity contribution in [1.82, 2.24) is 0 Å². The topological polar surface area (TPSA) is 15.9 Å². The molecule has 1 N–H and O–H groups in total. The molecule has 0 saturated heterocycles. The lowest BCUT2D eigenvalue weighted by Crippen LogP contribution is -2.30. The highest BCUT2D eigenvalue weighted by Gasteiger charge is 1.94. The van der Waals surface area contributed by atoms with Crippen LogP contribution in [0.25, 0.3) is 0 Å². The van der Waals surface area contributed by atoms with Crippen LogP contribution >= 0.6 is 0 Å². The molecular weight excluding hydrogens is 136 g/mol. The molecule has 2 nitrogen and oxygen atoms in total. The fourth-order valence-corrected chi connectivity index (χ4v) is 0.990. The van der Waals surface area contributed by atoms with Crippen molar-refractivity contribution in [2.45, 2.75) is 20.4 Å². The molecule has 11 heavy (non-hydrogen) atoms. The summed E-state index contributed by atoms with van der Waals surface area (Å²) in [5, 5.41) is 3.25.